The third kappa shape index (κ3) is 4.38. The minimum absolute atomic E-state index is 0.0449. The highest BCUT2D eigenvalue weighted by atomic mass is 35.5. The van der Waals surface area contributed by atoms with Gasteiger partial charge in [-0.15, -0.1) is 0 Å². The third-order valence-corrected chi connectivity index (χ3v) is 3.78. The van der Waals surface area contributed by atoms with E-state index in [0.29, 0.717) is 22.0 Å². The zero-order valence-corrected chi connectivity index (χ0v) is 12.9. The largest absolute Gasteiger partial charge is 0.508 e. The van der Waals surface area contributed by atoms with E-state index in [-0.39, 0.29) is 17.7 Å². The third-order valence-electron chi connectivity index (χ3n) is 3.04. The fourth-order valence-electron chi connectivity index (χ4n) is 1.98. The molecule has 0 aromatic heterocycles. The summed E-state index contributed by atoms with van der Waals surface area (Å²) in [6, 6.07) is 11.7. The molecule has 1 amide bonds. The van der Waals surface area contributed by atoms with Crippen LogP contribution in [0.15, 0.2) is 42.5 Å². The van der Waals surface area contributed by atoms with E-state index in [9.17, 15) is 9.90 Å². The summed E-state index contributed by atoms with van der Waals surface area (Å²) in [5.74, 6) is 0.0334. The Morgan fingerprint density at radius 1 is 1.14 bits per heavy atom. The van der Waals surface area contributed by atoms with Gasteiger partial charge in [0.2, 0.25) is 0 Å². The van der Waals surface area contributed by atoms with E-state index < -0.39 is 0 Å². The van der Waals surface area contributed by atoms with Crippen LogP contribution in [-0.4, -0.2) is 17.1 Å². The molecule has 0 spiro atoms. The number of phenolic OH excluding ortho intramolecular Hbond substituents is 1. The lowest BCUT2D eigenvalue weighted by Gasteiger charge is -2.14. The van der Waals surface area contributed by atoms with Crippen LogP contribution in [0.1, 0.15) is 22.8 Å². The lowest BCUT2D eigenvalue weighted by molar-refractivity contribution is 0.0940. The van der Waals surface area contributed by atoms with Crippen molar-refractivity contribution < 1.29 is 9.90 Å². The first kappa shape index (κ1) is 15.7. The molecule has 3 nitrogen and oxygen atoms in total. The fraction of sp³-hybridized carbons (Fsp3) is 0.188. The van der Waals surface area contributed by atoms with Gasteiger partial charge >= 0.3 is 0 Å². The molecule has 0 heterocycles. The van der Waals surface area contributed by atoms with Gasteiger partial charge in [-0.2, -0.15) is 0 Å². The summed E-state index contributed by atoms with van der Waals surface area (Å²) in [5.41, 5.74) is 1.51. The molecule has 0 fully saturated rings. The molecule has 5 heteroatoms. The molecule has 2 N–H and O–H groups in total. The number of amides is 1. The molecule has 0 aliphatic heterocycles. The Hall–Kier alpha value is -1.71. The quantitative estimate of drug-likeness (QED) is 0.891. The maximum Gasteiger partial charge on any atom is 0.251 e. The molecule has 2 rings (SSSR count). The van der Waals surface area contributed by atoms with Crippen molar-refractivity contribution in [2.24, 2.45) is 0 Å². The second kappa shape index (κ2) is 6.83. The van der Waals surface area contributed by atoms with Crippen LogP contribution >= 0.6 is 23.2 Å². The number of hydrogen-bond acceptors (Lipinski definition) is 2. The zero-order valence-electron chi connectivity index (χ0n) is 11.4. The lowest BCUT2D eigenvalue weighted by Crippen LogP contribution is -2.34. The van der Waals surface area contributed by atoms with Gasteiger partial charge in [-0.1, -0.05) is 35.3 Å². The van der Waals surface area contributed by atoms with Gasteiger partial charge in [0.1, 0.15) is 5.75 Å². The summed E-state index contributed by atoms with van der Waals surface area (Å²) >= 11 is 11.7. The second-order valence-electron chi connectivity index (χ2n) is 4.87. The lowest BCUT2D eigenvalue weighted by atomic mass is 10.1. The molecule has 21 heavy (non-hydrogen) atoms. The van der Waals surface area contributed by atoms with Crippen LogP contribution in [0, 0.1) is 0 Å². The van der Waals surface area contributed by atoms with Crippen molar-refractivity contribution in [2.75, 3.05) is 0 Å². The monoisotopic (exact) mass is 323 g/mol. The van der Waals surface area contributed by atoms with Crippen molar-refractivity contribution in [3.8, 4) is 5.75 Å². The molecule has 1 atom stereocenters. The van der Waals surface area contributed by atoms with E-state index >= 15 is 0 Å². The summed E-state index contributed by atoms with van der Waals surface area (Å²) < 4.78 is 0. The van der Waals surface area contributed by atoms with Crippen LogP contribution < -0.4 is 5.32 Å². The highest BCUT2D eigenvalue weighted by molar-refractivity contribution is 6.42. The maximum atomic E-state index is 12.1. The maximum absolute atomic E-state index is 12.1. The van der Waals surface area contributed by atoms with Gasteiger partial charge in [-0.05, 0) is 49.2 Å². The summed E-state index contributed by atoms with van der Waals surface area (Å²) in [6.45, 7) is 1.92. The topological polar surface area (TPSA) is 49.3 Å². The standard InChI is InChI=1S/C16H15Cl2NO2/c1-10(8-11-2-5-13(20)6-3-11)19-16(21)12-4-7-14(17)15(18)9-12/h2-7,9-10,20H,8H2,1H3,(H,19,21)/t10-/m0/s1. The number of halogens is 2. The molecule has 0 aliphatic rings. The molecule has 0 bridgehead atoms. The van der Waals surface area contributed by atoms with Crippen molar-refractivity contribution in [2.45, 2.75) is 19.4 Å². The second-order valence-corrected chi connectivity index (χ2v) is 5.69. The summed E-state index contributed by atoms with van der Waals surface area (Å²) in [7, 11) is 0. The van der Waals surface area contributed by atoms with Crippen molar-refractivity contribution in [1.82, 2.24) is 5.32 Å². The van der Waals surface area contributed by atoms with Crippen LogP contribution in [0.5, 0.6) is 5.75 Å². The van der Waals surface area contributed by atoms with Gasteiger partial charge < -0.3 is 10.4 Å². The molecule has 0 unspecified atom stereocenters. The van der Waals surface area contributed by atoms with Crippen LogP contribution in [0.4, 0.5) is 0 Å². The summed E-state index contributed by atoms with van der Waals surface area (Å²) in [4.78, 5) is 12.1. The number of benzene rings is 2. The number of hydrogen-bond donors (Lipinski definition) is 2. The Morgan fingerprint density at radius 3 is 2.43 bits per heavy atom. The first-order valence-corrected chi connectivity index (χ1v) is 7.25. The Balaban J connectivity index is 1.98. The van der Waals surface area contributed by atoms with Gasteiger partial charge in [0.15, 0.2) is 0 Å². The van der Waals surface area contributed by atoms with Crippen molar-refractivity contribution in [1.29, 1.82) is 0 Å². The van der Waals surface area contributed by atoms with Crippen molar-refractivity contribution in [3.63, 3.8) is 0 Å². The fourth-order valence-corrected chi connectivity index (χ4v) is 2.28. The average Bonchev–Trinajstić information content (AvgIpc) is 2.44. The molecular weight excluding hydrogens is 309 g/mol. The number of rotatable bonds is 4. The number of carbonyl (C=O) groups excluding carboxylic acids is 1. The molecule has 0 saturated heterocycles. The van der Waals surface area contributed by atoms with Gasteiger partial charge in [0.05, 0.1) is 10.0 Å². The van der Waals surface area contributed by atoms with Gasteiger partial charge in [-0.3, -0.25) is 4.79 Å². The highest BCUT2D eigenvalue weighted by Crippen LogP contribution is 2.22. The number of phenols is 1. The van der Waals surface area contributed by atoms with E-state index in [1.54, 1.807) is 30.3 Å². The number of aromatic hydroxyl groups is 1. The molecular formula is C16H15Cl2NO2. The van der Waals surface area contributed by atoms with Crippen LogP contribution in [0.2, 0.25) is 10.0 Å². The predicted octanol–water partition coefficient (Wildman–Crippen LogP) is 4.06. The minimum Gasteiger partial charge on any atom is -0.508 e. The van der Waals surface area contributed by atoms with Gasteiger partial charge in [0, 0.05) is 11.6 Å². The Bertz CT molecular complexity index is 641. The van der Waals surface area contributed by atoms with E-state index in [2.05, 4.69) is 5.32 Å². The smallest absolute Gasteiger partial charge is 0.251 e. The Morgan fingerprint density at radius 2 is 1.81 bits per heavy atom. The van der Waals surface area contributed by atoms with Crippen LogP contribution in [-0.2, 0) is 6.42 Å². The predicted molar refractivity (Wildman–Crippen MR) is 85.2 cm³/mol. The van der Waals surface area contributed by atoms with E-state index in [1.807, 2.05) is 19.1 Å². The van der Waals surface area contributed by atoms with Crippen molar-refractivity contribution in [3.05, 3.63) is 63.6 Å². The van der Waals surface area contributed by atoms with Crippen LogP contribution in [0.25, 0.3) is 0 Å². The highest BCUT2D eigenvalue weighted by Gasteiger charge is 2.11. The zero-order chi connectivity index (χ0) is 15.4. The molecule has 2 aromatic rings. The number of nitrogens with one attached hydrogen (secondary N) is 1. The molecule has 0 saturated carbocycles. The summed E-state index contributed by atoms with van der Waals surface area (Å²) in [6.07, 6.45) is 0.674. The Labute approximate surface area is 133 Å². The van der Waals surface area contributed by atoms with E-state index in [1.165, 1.54) is 0 Å². The van der Waals surface area contributed by atoms with Crippen molar-refractivity contribution >= 4 is 29.1 Å². The molecule has 0 aliphatic carbocycles. The SMILES string of the molecule is C[C@@H](Cc1ccc(O)cc1)NC(=O)c1ccc(Cl)c(Cl)c1. The molecule has 0 radical (unpaired) electrons. The van der Waals surface area contributed by atoms with Crippen LogP contribution in [0.3, 0.4) is 0 Å². The van der Waals surface area contributed by atoms with E-state index in [0.717, 1.165) is 5.56 Å². The van der Waals surface area contributed by atoms with E-state index in [4.69, 9.17) is 23.2 Å². The van der Waals surface area contributed by atoms with Gasteiger partial charge in [-0.25, -0.2) is 0 Å². The first-order valence-electron chi connectivity index (χ1n) is 6.49. The number of carbonyl (C=O) groups is 1. The summed E-state index contributed by atoms with van der Waals surface area (Å²) in [5, 5.41) is 12.9. The molecule has 2 aromatic carbocycles. The molecule has 110 valence electrons. The minimum atomic E-state index is -0.195. The normalized spacial score (nSPS) is 12.0. The Kier molecular flexibility index (Phi) is 5.10. The van der Waals surface area contributed by atoms with Gasteiger partial charge in [0.25, 0.3) is 5.91 Å². The average molecular weight is 324 g/mol. The first-order chi connectivity index (χ1) is 9.95.